The Labute approximate surface area is 107 Å². The van der Waals surface area contributed by atoms with Crippen molar-refractivity contribution in [2.75, 3.05) is 13.2 Å². The van der Waals surface area contributed by atoms with Crippen LogP contribution in [-0.4, -0.2) is 19.2 Å². The molecule has 0 bridgehead atoms. The van der Waals surface area contributed by atoms with Gasteiger partial charge in [-0.1, -0.05) is 25.1 Å². The number of furan rings is 1. The highest BCUT2D eigenvalue weighted by Gasteiger charge is 2.25. The summed E-state index contributed by atoms with van der Waals surface area (Å²) in [6, 6.07) is 8.71. The van der Waals surface area contributed by atoms with E-state index in [-0.39, 0.29) is 6.10 Å². The van der Waals surface area contributed by atoms with Gasteiger partial charge < -0.3 is 14.5 Å². The van der Waals surface area contributed by atoms with Crippen LogP contribution in [0.4, 0.5) is 0 Å². The zero-order valence-corrected chi connectivity index (χ0v) is 10.7. The lowest BCUT2D eigenvalue weighted by Crippen LogP contribution is -2.35. The van der Waals surface area contributed by atoms with Crippen molar-refractivity contribution >= 4 is 11.0 Å². The van der Waals surface area contributed by atoms with Crippen molar-refractivity contribution in [3.05, 3.63) is 36.1 Å². The number of ether oxygens (including phenoxy) is 1. The van der Waals surface area contributed by atoms with Gasteiger partial charge in [-0.3, -0.25) is 0 Å². The molecule has 1 saturated heterocycles. The summed E-state index contributed by atoms with van der Waals surface area (Å²) < 4.78 is 11.5. The van der Waals surface area contributed by atoms with E-state index < -0.39 is 0 Å². The van der Waals surface area contributed by atoms with Crippen molar-refractivity contribution < 1.29 is 9.15 Å². The molecule has 3 heteroatoms. The van der Waals surface area contributed by atoms with Gasteiger partial charge in [0.05, 0.1) is 12.4 Å². The van der Waals surface area contributed by atoms with E-state index >= 15 is 0 Å². The predicted octanol–water partition coefficient (Wildman–Crippen LogP) is 3.26. The van der Waals surface area contributed by atoms with Crippen molar-refractivity contribution in [2.45, 2.75) is 31.9 Å². The molecule has 1 aliphatic heterocycles. The molecule has 3 nitrogen and oxygen atoms in total. The minimum absolute atomic E-state index is 0.159. The lowest BCUT2D eigenvalue weighted by Gasteiger charge is -2.29. The lowest BCUT2D eigenvalue weighted by atomic mass is 9.97. The summed E-state index contributed by atoms with van der Waals surface area (Å²) in [6.07, 6.45) is 4.13. The standard InChI is InChI=1S/C15H19NO2/c1-2-16-11-7-8-17-15(9-11)13-10-18-14-6-4-3-5-12(13)14/h3-6,10-11,15-16H,2,7-9H2,1H3. The second kappa shape index (κ2) is 5.12. The molecule has 2 unspecified atom stereocenters. The fraction of sp³-hybridized carbons (Fsp3) is 0.467. The maximum absolute atomic E-state index is 5.91. The summed E-state index contributed by atoms with van der Waals surface area (Å²) in [5, 5.41) is 4.69. The van der Waals surface area contributed by atoms with Gasteiger partial charge in [-0.25, -0.2) is 0 Å². The largest absolute Gasteiger partial charge is 0.464 e. The molecule has 3 rings (SSSR count). The highest BCUT2D eigenvalue weighted by Crippen LogP contribution is 2.34. The molecular formula is C15H19NO2. The molecule has 0 radical (unpaired) electrons. The molecular weight excluding hydrogens is 226 g/mol. The number of rotatable bonds is 3. The van der Waals surface area contributed by atoms with Crippen LogP contribution in [0.3, 0.4) is 0 Å². The number of para-hydroxylation sites is 1. The number of hydrogen-bond acceptors (Lipinski definition) is 3. The van der Waals surface area contributed by atoms with E-state index in [9.17, 15) is 0 Å². The van der Waals surface area contributed by atoms with Crippen LogP contribution in [0, 0.1) is 0 Å². The smallest absolute Gasteiger partial charge is 0.134 e. The maximum atomic E-state index is 5.91. The summed E-state index contributed by atoms with van der Waals surface area (Å²) in [5.41, 5.74) is 2.13. The van der Waals surface area contributed by atoms with Gasteiger partial charge in [0.25, 0.3) is 0 Å². The first-order valence-electron chi connectivity index (χ1n) is 6.69. The van der Waals surface area contributed by atoms with Gasteiger partial charge in [-0.05, 0) is 25.5 Å². The second-order valence-electron chi connectivity index (χ2n) is 4.83. The third kappa shape index (κ3) is 2.16. The van der Waals surface area contributed by atoms with E-state index in [1.807, 2.05) is 24.5 Å². The van der Waals surface area contributed by atoms with Crippen LogP contribution in [0.2, 0.25) is 0 Å². The van der Waals surface area contributed by atoms with Crippen LogP contribution in [0.5, 0.6) is 0 Å². The highest BCUT2D eigenvalue weighted by atomic mass is 16.5. The van der Waals surface area contributed by atoms with Crippen molar-refractivity contribution in [2.24, 2.45) is 0 Å². The van der Waals surface area contributed by atoms with Crippen molar-refractivity contribution in [1.82, 2.24) is 5.32 Å². The summed E-state index contributed by atoms with van der Waals surface area (Å²) in [5.74, 6) is 0. The SMILES string of the molecule is CCNC1CCOC(c2coc3ccccc23)C1. The molecule has 2 aromatic rings. The molecule has 0 amide bonds. The van der Waals surface area contributed by atoms with Crippen LogP contribution in [0.25, 0.3) is 11.0 Å². The van der Waals surface area contributed by atoms with Gasteiger partial charge in [0.2, 0.25) is 0 Å². The third-order valence-corrected chi connectivity index (χ3v) is 3.63. The first-order chi connectivity index (χ1) is 8.88. The van der Waals surface area contributed by atoms with Crippen molar-refractivity contribution in [3.8, 4) is 0 Å². The molecule has 0 aliphatic carbocycles. The first kappa shape index (κ1) is 11.8. The summed E-state index contributed by atoms with van der Waals surface area (Å²) in [4.78, 5) is 0. The molecule has 2 heterocycles. The van der Waals surface area contributed by atoms with Gasteiger partial charge >= 0.3 is 0 Å². The average molecular weight is 245 g/mol. The highest BCUT2D eigenvalue weighted by molar-refractivity contribution is 5.81. The van der Waals surface area contributed by atoms with Crippen LogP contribution in [-0.2, 0) is 4.74 Å². The minimum atomic E-state index is 0.159. The molecule has 0 saturated carbocycles. The van der Waals surface area contributed by atoms with E-state index in [1.54, 1.807) is 0 Å². The Morgan fingerprint density at radius 3 is 3.11 bits per heavy atom. The van der Waals surface area contributed by atoms with Crippen LogP contribution < -0.4 is 5.32 Å². The van der Waals surface area contributed by atoms with Crippen LogP contribution in [0.1, 0.15) is 31.4 Å². The zero-order valence-electron chi connectivity index (χ0n) is 10.7. The minimum Gasteiger partial charge on any atom is -0.464 e. The molecule has 2 atom stereocenters. The first-order valence-corrected chi connectivity index (χ1v) is 6.69. The quantitative estimate of drug-likeness (QED) is 0.901. The zero-order chi connectivity index (χ0) is 12.4. The Hall–Kier alpha value is -1.32. The number of nitrogens with one attached hydrogen (secondary N) is 1. The topological polar surface area (TPSA) is 34.4 Å². The van der Waals surface area contributed by atoms with Crippen LogP contribution >= 0.6 is 0 Å². The van der Waals surface area contributed by atoms with E-state index in [1.165, 1.54) is 10.9 Å². The number of benzene rings is 1. The Morgan fingerprint density at radius 1 is 1.33 bits per heavy atom. The van der Waals surface area contributed by atoms with Crippen LogP contribution in [0.15, 0.2) is 34.9 Å². The molecule has 1 aromatic heterocycles. The third-order valence-electron chi connectivity index (χ3n) is 3.63. The Morgan fingerprint density at radius 2 is 2.22 bits per heavy atom. The van der Waals surface area contributed by atoms with E-state index in [0.717, 1.165) is 31.6 Å². The second-order valence-corrected chi connectivity index (χ2v) is 4.83. The fourth-order valence-electron chi connectivity index (χ4n) is 2.74. The van der Waals surface area contributed by atoms with Gasteiger partial charge in [-0.15, -0.1) is 0 Å². The summed E-state index contributed by atoms with van der Waals surface area (Å²) >= 11 is 0. The van der Waals surface area contributed by atoms with Gasteiger partial charge in [0.15, 0.2) is 0 Å². The van der Waals surface area contributed by atoms with E-state index in [4.69, 9.17) is 9.15 Å². The molecule has 1 N–H and O–H groups in total. The van der Waals surface area contributed by atoms with E-state index in [0.29, 0.717) is 6.04 Å². The van der Waals surface area contributed by atoms with Crippen molar-refractivity contribution in [1.29, 1.82) is 0 Å². The Bertz CT molecular complexity index is 518. The Balaban J connectivity index is 1.85. The normalized spacial score (nSPS) is 24.5. The summed E-state index contributed by atoms with van der Waals surface area (Å²) in [7, 11) is 0. The molecule has 96 valence electrons. The van der Waals surface area contributed by atoms with Gasteiger partial charge in [0.1, 0.15) is 5.58 Å². The lowest BCUT2D eigenvalue weighted by molar-refractivity contribution is 0.00102. The number of fused-ring (bicyclic) bond motifs is 1. The molecule has 1 aliphatic rings. The van der Waals surface area contributed by atoms with Gasteiger partial charge in [-0.2, -0.15) is 0 Å². The number of hydrogen-bond donors (Lipinski definition) is 1. The van der Waals surface area contributed by atoms with Crippen molar-refractivity contribution in [3.63, 3.8) is 0 Å². The summed E-state index contributed by atoms with van der Waals surface area (Å²) in [6.45, 7) is 3.99. The fourth-order valence-corrected chi connectivity index (χ4v) is 2.74. The Kier molecular flexibility index (Phi) is 3.35. The van der Waals surface area contributed by atoms with Gasteiger partial charge in [0, 0.05) is 23.6 Å². The van der Waals surface area contributed by atoms with E-state index in [2.05, 4.69) is 18.3 Å². The maximum Gasteiger partial charge on any atom is 0.134 e. The molecule has 0 spiro atoms. The average Bonchev–Trinajstić information content (AvgIpc) is 2.83. The predicted molar refractivity (Wildman–Crippen MR) is 71.6 cm³/mol. The molecule has 1 fully saturated rings. The monoisotopic (exact) mass is 245 g/mol. The molecule has 1 aromatic carbocycles. The molecule has 18 heavy (non-hydrogen) atoms.